The fourth-order valence-electron chi connectivity index (χ4n) is 4.30. The Bertz CT molecular complexity index is 1010. The molecule has 1 N–H and O–H groups in total. The van der Waals surface area contributed by atoms with Crippen LogP contribution in [-0.2, 0) is 11.3 Å². The smallest absolute Gasteiger partial charge is 0.256 e. The molecule has 5 nitrogen and oxygen atoms in total. The zero-order valence-corrected chi connectivity index (χ0v) is 20.4. The maximum atomic E-state index is 13.1. The minimum atomic E-state index is -0.525. The van der Waals surface area contributed by atoms with E-state index in [1.165, 1.54) is 17.1 Å². The maximum Gasteiger partial charge on any atom is 0.256 e. The number of aryl methyl sites for hydroxylation is 1. The lowest BCUT2D eigenvalue weighted by molar-refractivity contribution is -0.119. The van der Waals surface area contributed by atoms with Gasteiger partial charge in [-0.2, -0.15) is 11.8 Å². The molecule has 170 valence electrons. The predicted molar refractivity (Wildman–Crippen MR) is 133 cm³/mol. The van der Waals surface area contributed by atoms with Gasteiger partial charge in [-0.15, -0.1) is 0 Å². The van der Waals surface area contributed by atoms with Crippen LogP contribution in [0.4, 0.5) is 5.69 Å². The second-order valence-corrected chi connectivity index (χ2v) is 10.4. The summed E-state index contributed by atoms with van der Waals surface area (Å²) in [5.41, 5.74) is 3.39. The average Bonchev–Trinajstić information content (AvgIpc) is 3.28. The SMILES string of the molecule is Cc1cc(CN2CCSCC2)ccc1NC(=O)C1CCCN1C(=O)c1cc(Cl)ccc1Cl. The van der Waals surface area contributed by atoms with E-state index >= 15 is 0 Å². The van der Waals surface area contributed by atoms with Crippen LogP contribution in [0.1, 0.15) is 34.3 Å². The van der Waals surface area contributed by atoms with Crippen LogP contribution in [0.15, 0.2) is 36.4 Å². The number of amides is 2. The summed E-state index contributed by atoms with van der Waals surface area (Å²) >= 11 is 14.3. The summed E-state index contributed by atoms with van der Waals surface area (Å²) < 4.78 is 0. The average molecular weight is 492 g/mol. The van der Waals surface area contributed by atoms with Gasteiger partial charge in [0.15, 0.2) is 0 Å². The Balaban J connectivity index is 1.43. The highest BCUT2D eigenvalue weighted by atomic mass is 35.5. The monoisotopic (exact) mass is 491 g/mol. The van der Waals surface area contributed by atoms with Crippen LogP contribution in [-0.4, -0.2) is 58.8 Å². The second-order valence-electron chi connectivity index (χ2n) is 8.31. The van der Waals surface area contributed by atoms with Crippen molar-refractivity contribution in [2.45, 2.75) is 32.4 Å². The molecule has 32 heavy (non-hydrogen) atoms. The van der Waals surface area contributed by atoms with Crippen LogP contribution in [0.3, 0.4) is 0 Å². The summed E-state index contributed by atoms with van der Waals surface area (Å²) in [7, 11) is 0. The van der Waals surface area contributed by atoms with Crippen molar-refractivity contribution in [2.24, 2.45) is 0 Å². The molecule has 2 aromatic rings. The number of hydrogen-bond donors (Lipinski definition) is 1. The molecule has 0 aliphatic carbocycles. The maximum absolute atomic E-state index is 13.1. The first-order valence-electron chi connectivity index (χ1n) is 10.9. The third-order valence-electron chi connectivity index (χ3n) is 6.03. The number of carbonyl (C=O) groups excluding carboxylic acids is 2. The molecule has 2 aliphatic rings. The van der Waals surface area contributed by atoms with E-state index in [4.69, 9.17) is 23.2 Å². The van der Waals surface area contributed by atoms with Gasteiger partial charge in [-0.3, -0.25) is 14.5 Å². The van der Waals surface area contributed by atoms with E-state index in [1.807, 2.05) is 24.8 Å². The second kappa shape index (κ2) is 10.5. The number of halogens is 2. The minimum absolute atomic E-state index is 0.169. The van der Waals surface area contributed by atoms with E-state index in [2.05, 4.69) is 22.3 Å². The molecule has 2 saturated heterocycles. The number of benzene rings is 2. The van der Waals surface area contributed by atoms with Crippen LogP contribution in [0.2, 0.25) is 10.0 Å². The van der Waals surface area contributed by atoms with E-state index < -0.39 is 6.04 Å². The largest absolute Gasteiger partial charge is 0.327 e. The van der Waals surface area contributed by atoms with Gasteiger partial charge in [-0.1, -0.05) is 35.3 Å². The van der Waals surface area contributed by atoms with Gasteiger partial charge in [0, 0.05) is 48.4 Å². The Morgan fingerprint density at radius 1 is 1.09 bits per heavy atom. The van der Waals surface area contributed by atoms with Crippen molar-refractivity contribution in [3.05, 3.63) is 63.1 Å². The lowest BCUT2D eigenvalue weighted by Crippen LogP contribution is -2.43. The number of nitrogens with one attached hydrogen (secondary N) is 1. The molecule has 0 spiro atoms. The first-order valence-corrected chi connectivity index (χ1v) is 12.8. The number of rotatable bonds is 5. The Hall–Kier alpha value is -1.73. The molecular formula is C24H27Cl2N3O2S. The Morgan fingerprint density at radius 2 is 1.88 bits per heavy atom. The Labute approximate surface area is 203 Å². The molecule has 1 atom stereocenters. The van der Waals surface area contributed by atoms with E-state index in [0.717, 1.165) is 37.3 Å². The number of anilines is 1. The van der Waals surface area contributed by atoms with Gasteiger partial charge < -0.3 is 10.2 Å². The molecule has 2 fully saturated rings. The molecule has 4 rings (SSSR count). The molecule has 2 aliphatic heterocycles. The summed E-state index contributed by atoms with van der Waals surface area (Å²) in [6.07, 6.45) is 1.40. The van der Waals surface area contributed by atoms with E-state index in [-0.39, 0.29) is 11.8 Å². The van der Waals surface area contributed by atoms with Crippen molar-refractivity contribution < 1.29 is 9.59 Å². The number of hydrogen-bond acceptors (Lipinski definition) is 4. The lowest BCUT2D eigenvalue weighted by Gasteiger charge is -2.26. The summed E-state index contributed by atoms with van der Waals surface area (Å²) in [6, 6.07) is 10.5. The Morgan fingerprint density at radius 3 is 2.62 bits per heavy atom. The van der Waals surface area contributed by atoms with Crippen molar-refractivity contribution >= 4 is 52.5 Å². The van der Waals surface area contributed by atoms with Gasteiger partial charge >= 0.3 is 0 Å². The van der Waals surface area contributed by atoms with Crippen LogP contribution < -0.4 is 5.32 Å². The molecule has 1 unspecified atom stereocenters. The van der Waals surface area contributed by atoms with Crippen molar-refractivity contribution in [3.8, 4) is 0 Å². The van der Waals surface area contributed by atoms with Crippen molar-refractivity contribution in [2.75, 3.05) is 36.5 Å². The molecule has 0 bridgehead atoms. The number of carbonyl (C=O) groups is 2. The molecule has 2 aromatic carbocycles. The molecule has 0 radical (unpaired) electrons. The molecule has 0 saturated carbocycles. The topological polar surface area (TPSA) is 52.7 Å². The highest BCUT2D eigenvalue weighted by Gasteiger charge is 2.35. The first kappa shape index (κ1) is 23.4. The quantitative estimate of drug-likeness (QED) is 0.632. The summed E-state index contributed by atoms with van der Waals surface area (Å²) in [6.45, 7) is 5.69. The van der Waals surface area contributed by atoms with Gasteiger partial charge in [0.05, 0.1) is 10.6 Å². The highest BCUT2D eigenvalue weighted by molar-refractivity contribution is 7.99. The van der Waals surface area contributed by atoms with E-state index in [9.17, 15) is 9.59 Å². The van der Waals surface area contributed by atoms with Gasteiger partial charge in [-0.05, 0) is 55.2 Å². The van der Waals surface area contributed by atoms with Crippen molar-refractivity contribution in [1.82, 2.24) is 9.80 Å². The van der Waals surface area contributed by atoms with Gasteiger partial charge in [0.25, 0.3) is 5.91 Å². The zero-order valence-electron chi connectivity index (χ0n) is 18.1. The molecular weight excluding hydrogens is 465 g/mol. The van der Waals surface area contributed by atoms with Gasteiger partial charge in [-0.25, -0.2) is 0 Å². The minimum Gasteiger partial charge on any atom is -0.327 e. The van der Waals surface area contributed by atoms with Gasteiger partial charge in [0.1, 0.15) is 6.04 Å². The highest BCUT2D eigenvalue weighted by Crippen LogP contribution is 2.27. The summed E-state index contributed by atoms with van der Waals surface area (Å²) in [5.74, 6) is 1.94. The summed E-state index contributed by atoms with van der Waals surface area (Å²) in [5, 5.41) is 3.82. The van der Waals surface area contributed by atoms with Crippen LogP contribution in [0.25, 0.3) is 0 Å². The van der Waals surface area contributed by atoms with E-state index in [1.54, 1.807) is 23.1 Å². The number of thioether (sulfide) groups is 1. The zero-order chi connectivity index (χ0) is 22.7. The fraction of sp³-hybridized carbons (Fsp3) is 0.417. The number of likely N-dealkylation sites (tertiary alicyclic amines) is 1. The normalized spacial score (nSPS) is 19.2. The molecule has 0 aromatic heterocycles. The van der Waals surface area contributed by atoms with Crippen LogP contribution >= 0.6 is 35.0 Å². The third-order valence-corrected chi connectivity index (χ3v) is 7.54. The molecule has 8 heteroatoms. The first-order chi connectivity index (χ1) is 15.4. The number of nitrogens with zero attached hydrogens (tertiary/aromatic N) is 2. The van der Waals surface area contributed by atoms with Crippen molar-refractivity contribution in [3.63, 3.8) is 0 Å². The van der Waals surface area contributed by atoms with E-state index in [0.29, 0.717) is 28.6 Å². The Kier molecular flexibility index (Phi) is 7.66. The van der Waals surface area contributed by atoms with Gasteiger partial charge in [0.2, 0.25) is 5.91 Å². The standard InChI is InChI=1S/C24H27Cl2N3O2S/c1-16-13-17(15-28-9-11-32-12-10-28)4-7-21(16)27-23(30)22-3-2-8-29(22)24(31)19-14-18(25)5-6-20(19)26/h4-7,13-14,22H,2-3,8-12,15H2,1H3,(H,27,30). The van der Waals surface area contributed by atoms with Crippen LogP contribution in [0, 0.1) is 6.92 Å². The predicted octanol–water partition coefficient (Wildman–Crippen LogP) is 5.09. The van der Waals surface area contributed by atoms with Crippen LogP contribution in [0.5, 0.6) is 0 Å². The third kappa shape index (κ3) is 5.42. The molecule has 2 amide bonds. The molecule has 2 heterocycles. The summed E-state index contributed by atoms with van der Waals surface area (Å²) in [4.78, 5) is 30.2. The van der Waals surface area contributed by atoms with Crippen molar-refractivity contribution in [1.29, 1.82) is 0 Å². The lowest BCUT2D eigenvalue weighted by atomic mass is 10.1. The fourth-order valence-corrected chi connectivity index (χ4v) is 5.65.